The van der Waals surface area contributed by atoms with Gasteiger partial charge in [-0.2, -0.15) is 13.2 Å². The molecule has 1 aromatic rings. The monoisotopic (exact) mass is 375 g/mol. The minimum absolute atomic E-state index is 0.00235. The van der Waals surface area contributed by atoms with Crippen LogP contribution in [0, 0.1) is 5.92 Å². The molecule has 2 atom stereocenters. The van der Waals surface area contributed by atoms with Crippen LogP contribution < -0.4 is 0 Å². The van der Waals surface area contributed by atoms with Gasteiger partial charge in [-0.05, 0) is 25.2 Å². The van der Waals surface area contributed by atoms with Gasteiger partial charge in [-0.15, -0.1) is 0 Å². The van der Waals surface area contributed by atoms with E-state index in [2.05, 4.69) is 4.98 Å². The third-order valence-electron chi connectivity index (χ3n) is 4.89. The summed E-state index contributed by atoms with van der Waals surface area (Å²) in [5, 5.41) is 0. The first kappa shape index (κ1) is 19.2. The first-order valence-corrected chi connectivity index (χ1v) is 8.89. The van der Waals surface area contributed by atoms with Gasteiger partial charge >= 0.3 is 6.18 Å². The van der Waals surface area contributed by atoms with Gasteiger partial charge in [0.15, 0.2) is 5.69 Å². The molecule has 0 aliphatic carbocycles. The number of rotatable bonds is 6. The molecule has 3 heterocycles. The van der Waals surface area contributed by atoms with Crippen LogP contribution in [0.2, 0.25) is 0 Å². The summed E-state index contributed by atoms with van der Waals surface area (Å²) in [6.07, 6.45) is -0.106. The van der Waals surface area contributed by atoms with E-state index in [4.69, 9.17) is 9.47 Å². The molecule has 26 heavy (non-hydrogen) atoms. The number of ether oxygens (including phenoxy) is 2. The van der Waals surface area contributed by atoms with Gasteiger partial charge in [0.25, 0.3) is 0 Å². The van der Waals surface area contributed by atoms with Gasteiger partial charge in [0.2, 0.25) is 5.91 Å². The molecule has 146 valence electrons. The average molecular weight is 375 g/mol. The van der Waals surface area contributed by atoms with Crippen LogP contribution in [-0.2, 0) is 33.4 Å². The van der Waals surface area contributed by atoms with Gasteiger partial charge in [0, 0.05) is 39.4 Å². The number of aromatic nitrogens is 2. The quantitative estimate of drug-likeness (QED) is 0.764. The molecule has 0 radical (unpaired) electrons. The summed E-state index contributed by atoms with van der Waals surface area (Å²) in [7, 11) is 1.70. The predicted octanol–water partition coefficient (Wildman–Crippen LogP) is 2.12. The molecule has 9 heteroatoms. The zero-order valence-corrected chi connectivity index (χ0v) is 14.8. The van der Waals surface area contributed by atoms with E-state index in [0.717, 1.165) is 25.6 Å². The van der Waals surface area contributed by atoms with E-state index in [1.54, 1.807) is 16.5 Å². The highest BCUT2D eigenvalue weighted by Gasteiger charge is 2.36. The standard InChI is InChI=1S/C17H24F3N3O3/c1-22(16(24)11-25-10-13-3-2-6-26-13)7-12-4-5-15-21-14(17(18,19)20)9-23(15)8-12/h9,12-13H,2-8,10-11H2,1H3. The Morgan fingerprint density at radius 3 is 2.96 bits per heavy atom. The lowest BCUT2D eigenvalue weighted by molar-refractivity contribution is -0.141. The van der Waals surface area contributed by atoms with Crippen molar-refractivity contribution in [3.63, 3.8) is 0 Å². The summed E-state index contributed by atoms with van der Waals surface area (Å²) in [5.74, 6) is 0.433. The molecule has 1 aromatic heterocycles. The topological polar surface area (TPSA) is 56.6 Å². The molecule has 2 aliphatic rings. The van der Waals surface area contributed by atoms with Crippen molar-refractivity contribution in [2.45, 2.75) is 44.5 Å². The molecule has 2 unspecified atom stereocenters. The number of likely N-dealkylation sites (N-methyl/N-ethyl adjacent to an activating group) is 1. The molecule has 0 spiro atoms. The van der Waals surface area contributed by atoms with Crippen LogP contribution in [0.25, 0.3) is 0 Å². The minimum Gasteiger partial charge on any atom is -0.376 e. The third-order valence-corrected chi connectivity index (χ3v) is 4.89. The maximum absolute atomic E-state index is 12.8. The maximum Gasteiger partial charge on any atom is 0.434 e. The molecule has 1 amide bonds. The zero-order chi connectivity index (χ0) is 18.7. The largest absolute Gasteiger partial charge is 0.434 e. The Bertz CT molecular complexity index is 627. The SMILES string of the molecule is CN(CC1CCc2nc(C(F)(F)F)cn2C1)C(=O)COCC1CCCO1. The normalized spacial score (nSPS) is 23.1. The van der Waals surface area contributed by atoms with Crippen LogP contribution >= 0.6 is 0 Å². The van der Waals surface area contributed by atoms with Crippen LogP contribution in [0.4, 0.5) is 13.2 Å². The Balaban J connectivity index is 1.45. The number of nitrogens with zero attached hydrogens (tertiary/aromatic N) is 3. The van der Waals surface area contributed by atoms with Gasteiger partial charge in [-0.3, -0.25) is 4.79 Å². The number of hydrogen-bond donors (Lipinski definition) is 0. The van der Waals surface area contributed by atoms with E-state index in [1.165, 1.54) is 0 Å². The molecule has 1 saturated heterocycles. The van der Waals surface area contributed by atoms with Gasteiger partial charge in [-0.1, -0.05) is 0 Å². The number of halogens is 3. The minimum atomic E-state index is -4.42. The van der Waals surface area contributed by atoms with Crippen LogP contribution in [0.3, 0.4) is 0 Å². The van der Waals surface area contributed by atoms with Gasteiger partial charge in [-0.25, -0.2) is 4.98 Å². The highest BCUT2D eigenvalue weighted by molar-refractivity contribution is 5.77. The second-order valence-corrected chi connectivity index (χ2v) is 7.02. The van der Waals surface area contributed by atoms with Crippen molar-refractivity contribution in [1.29, 1.82) is 0 Å². The highest BCUT2D eigenvalue weighted by Crippen LogP contribution is 2.30. The Morgan fingerprint density at radius 2 is 2.27 bits per heavy atom. The summed E-state index contributed by atoms with van der Waals surface area (Å²) in [6.45, 7) is 2.09. The molecule has 6 nitrogen and oxygen atoms in total. The molecule has 0 aromatic carbocycles. The Labute approximate surface area is 150 Å². The van der Waals surface area contributed by atoms with Crippen molar-refractivity contribution in [1.82, 2.24) is 14.5 Å². The Morgan fingerprint density at radius 1 is 1.46 bits per heavy atom. The molecular formula is C17H24F3N3O3. The number of amides is 1. The number of carbonyl (C=O) groups excluding carboxylic acids is 1. The third kappa shape index (κ3) is 4.76. The zero-order valence-electron chi connectivity index (χ0n) is 14.8. The van der Waals surface area contributed by atoms with Gasteiger partial charge in [0.05, 0.1) is 12.7 Å². The molecular weight excluding hydrogens is 351 g/mol. The van der Waals surface area contributed by atoms with E-state index in [1.807, 2.05) is 0 Å². The fourth-order valence-electron chi connectivity index (χ4n) is 3.45. The summed E-state index contributed by atoms with van der Waals surface area (Å²) >= 11 is 0. The highest BCUT2D eigenvalue weighted by atomic mass is 19.4. The smallest absolute Gasteiger partial charge is 0.376 e. The van der Waals surface area contributed by atoms with E-state index in [-0.39, 0.29) is 24.5 Å². The average Bonchev–Trinajstić information content (AvgIpc) is 3.22. The molecule has 3 rings (SSSR count). The molecule has 0 N–H and O–H groups in total. The second-order valence-electron chi connectivity index (χ2n) is 7.02. The van der Waals surface area contributed by atoms with Crippen molar-refractivity contribution >= 4 is 5.91 Å². The summed E-state index contributed by atoms with van der Waals surface area (Å²) in [5.41, 5.74) is -0.847. The van der Waals surface area contributed by atoms with E-state index in [0.29, 0.717) is 38.4 Å². The number of aryl methyl sites for hydroxylation is 1. The van der Waals surface area contributed by atoms with Crippen molar-refractivity contribution in [3.8, 4) is 0 Å². The van der Waals surface area contributed by atoms with Gasteiger partial charge < -0.3 is 18.9 Å². The number of fused-ring (bicyclic) bond motifs is 1. The van der Waals surface area contributed by atoms with Gasteiger partial charge in [0.1, 0.15) is 12.4 Å². The van der Waals surface area contributed by atoms with E-state index >= 15 is 0 Å². The summed E-state index contributed by atoms with van der Waals surface area (Å²) < 4.78 is 50.7. The Hall–Kier alpha value is -1.61. The lowest BCUT2D eigenvalue weighted by atomic mass is 9.99. The van der Waals surface area contributed by atoms with Crippen molar-refractivity contribution in [3.05, 3.63) is 17.7 Å². The number of hydrogen-bond acceptors (Lipinski definition) is 4. The van der Waals surface area contributed by atoms with E-state index in [9.17, 15) is 18.0 Å². The number of alkyl halides is 3. The first-order valence-electron chi connectivity index (χ1n) is 8.89. The van der Waals surface area contributed by atoms with Crippen LogP contribution in [0.5, 0.6) is 0 Å². The number of carbonyl (C=O) groups is 1. The molecule has 1 fully saturated rings. The predicted molar refractivity (Wildman–Crippen MR) is 86.5 cm³/mol. The maximum atomic E-state index is 12.8. The molecule has 0 saturated carbocycles. The summed E-state index contributed by atoms with van der Waals surface area (Å²) in [6, 6.07) is 0. The van der Waals surface area contributed by atoms with Crippen LogP contribution in [0.1, 0.15) is 30.8 Å². The van der Waals surface area contributed by atoms with Crippen LogP contribution in [-0.4, -0.2) is 59.9 Å². The van der Waals surface area contributed by atoms with E-state index < -0.39 is 11.9 Å². The second kappa shape index (κ2) is 7.96. The number of imidazole rings is 1. The Kier molecular flexibility index (Phi) is 5.86. The lowest BCUT2D eigenvalue weighted by Crippen LogP contribution is -2.37. The fraction of sp³-hybridized carbons (Fsp3) is 0.765. The van der Waals surface area contributed by atoms with Crippen molar-refractivity contribution < 1.29 is 27.4 Å². The van der Waals surface area contributed by atoms with Crippen LogP contribution in [0.15, 0.2) is 6.20 Å². The summed E-state index contributed by atoms with van der Waals surface area (Å²) in [4.78, 5) is 17.4. The fourth-order valence-corrected chi connectivity index (χ4v) is 3.45. The molecule has 2 aliphatic heterocycles. The van der Waals surface area contributed by atoms with Crippen molar-refractivity contribution in [2.75, 3.05) is 33.4 Å². The molecule has 0 bridgehead atoms. The van der Waals surface area contributed by atoms with Crippen molar-refractivity contribution in [2.24, 2.45) is 5.92 Å². The first-order chi connectivity index (χ1) is 12.3. The lowest BCUT2D eigenvalue weighted by Gasteiger charge is -2.28.